The molecule has 0 amide bonds. The molecule has 0 aliphatic rings. The fraction of sp³-hybridized carbons (Fsp3) is 0.545. The highest BCUT2D eigenvalue weighted by Gasteiger charge is 2.00. The predicted molar refractivity (Wildman–Crippen MR) is 62.7 cm³/mol. The monoisotopic (exact) mass is 239 g/mol. The van der Waals surface area contributed by atoms with Gasteiger partial charge in [0.25, 0.3) is 0 Å². The Morgan fingerprint density at radius 1 is 1.53 bits per heavy atom. The summed E-state index contributed by atoms with van der Waals surface area (Å²) in [4.78, 5) is 18.4. The Balaban J connectivity index is 2.34. The Morgan fingerprint density at radius 3 is 3.06 bits per heavy atom. The number of nitrogens with one attached hydrogen (secondary N) is 1. The second kappa shape index (κ2) is 7.56. The van der Waals surface area contributed by atoms with Gasteiger partial charge in [0.2, 0.25) is 0 Å². The van der Waals surface area contributed by atoms with E-state index in [1.54, 1.807) is 6.07 Å². The third-order valence-corrected chi connectivity index (χ3v) is 2.05. The van der Waals surface area contributed by atoms with Gasteiger partial charge in [0, 0.05) is 25.6 Å². The van der Waals surface area contributed by atoms with Gasteiger partial charge in [-0.1, -0.05) is 0 Å². The first-order valence-corrected chi connectivity index (χ1v) is 5.56. The van der Waals surface area contributed by atoms with Crippen molar-refractivity contribution in [2.75, 3.05) is 18.5 Å². The Bertz CT molecular complexity index is 358. The zero-order valence-corrected chi connectivity index (χ0v) is 9.85. The van der Waals surface area contributed by atoms with Crippen LogP contribution in [0.1, 0.15) is 25.5 Å². The molecular formula is C11H17N3O3. The number of ether oxygens (including phenoxy) is 1. The average Bonchev–Trinajstić information content (AvgIpc) is 2.32. The lowest BCUT2D eigenvalue weighted by molar-refractivity contribution is -0.137. The molecule has 0 radical (unpaired) electrons. The summed E-state index contributed by atoms with van der Waals surface area (Å²) in [5.74, 6) is -0.0911. The van der Waals surface area contributed by atoms with Gasteiger partial charge in [0.15, 0.2) is 0 Å². The molecule has 6 heteroatoms. The molecule has 17 heavy (non-hydrogen) atoms. The molecule has 0 aliphatic heterocycles. The van der Waals surface area contributed by atoms with Crippen molar-refractivity contribution in [2.45, 2.75) is 26.4 Å². The van der Waals surface area contributed by atoms with E-state index in [1.165, 1.54) is 6.33 Å². The van der Waals surface area contributed by atoms with E-state index >= 15 is 0 Å². The molecule has 0 unspecified atom stereocenters. The van der Waals surface area contributed by atoms with Crippen molar-refractivity contribution in [3.8, 4) is 0 Å². The van der Waals surface area contributed by atoms with Crippen molar-refractivity contribution >= 4 is 11.8 Å². The summed E-state index contributed by atoms with van der Waals surface area (Å²) in [6, 6.07) is 1.80. The second-order valence-corrected chi connectivity index (χ2v) is 3.46. The molecule has 1 rings (SSSR count). The Hall–Kier alpha value is -1.69. The number of carboxylic acids is 1. The minimum Gasteiger partial charge on any atom is -0.481 e. The Morgan fingerprint density at radius 2 is 2.35 bits per heavy atom. The Kier molecular flexibility index (Phi) is 5.95. The van der Waals surface area contributed by atoms with E-state index in [0.29, 0.717) is 32.0 Å². The van der Waals surface area contributed by atoms with Gasteiger partial charge in [0.1, 0.15) is 12.1 Å². The van der Waals surface area contributed by atoms with Crippen LogP contribution in [0.2, 0.25) is 0 Å². The largest absolute Gasteiger partial charge is 0.481 e. The van der Waals surface area contributed by atoms with Crippen LogP contribution in [0.5, 0.6) is 0 Å². The predicted octanol–water partition coefficient (Wildman–Crippen LogP) is 1.29. The van der Waals surface area contributed by atoms with Gasteiger partial charge in [-0.25, -0.2) is 9.97 Å². The smallest absolute Gasteiger partial charge is 0.303 e. The minimum atomic E-state index is -0.786. The molecule has 2 N–H and O–H groups in total. The molecule has 0 fully saturated rings. The number of rotatable bonds is 8. The number of carbonyl (C=O) groups is 1. The molecular weight excluding hydrogens is 222 g/mol. The van der Waals surface area contributed by atoms with Crippen LogP contribution in [0.25, 0.3) is 0 Å². The topological polar surface area (TPSA) is 84.3 Å². The highest BCUT2D eigenvalue weighted by Crippen LogP contribution is 2.05. The molecule has 0 saturated heterocycles. The van der Waals surface area contributed by atoms with E-state index in [9.17, 15) is 4.79 Å². The van der Waals surface area contributed by atoms with Crippen LogP contribution in [-0.4, -0.2) is 34.2 Å². The maximum atomic E-state index is 10.3. The summed E-state index contributed by atoms with van der Waals surface area (Å²) < 4.78 is 5.24. The van der Waals surface area contributed by atoms with E-state index in [4.69, 9.17) is 9.84 Å². The summed E-state index contributed by atoms with van der Waals surface area (Å²) in [6.07, 6.45) is 2.19. The number of nitrogens with zero attached hydrogens (tertiary/aromatic N) is 2. The highest BCUT2D eigenvalue weighted by molar-refractivity contribution is 5.66. The van der Waals surface area contributed by atoms with Crippen LogP contribution in [0, 0.1) is 0 Å². The van der Waals surface area contributed by atoms with Crippen LogP contribution in [0.15, 0.2) is 12.4 Å². The van der Waals surface area contributed by atoms with Crippen molar-refractivity contribution in [1.29, 1.82) is 0 Å². The number of hydrogen-bond acceptors (Lipinski definition) is 5. The van der Waals surface area contributed by atoms with Gasteiger partial charge in [0.05, 0.1) is 12.3 Å². The summed E-state index contributed by atoms with van der Waals surface area (Å²) in [5, 5.41) is 11.5. The first kappa shape index (κ1) is 13.4. The molecule has 0 bridgehead atoms. The standard InChI is InChI=1S/C11H17N3O3/c1-2-17-7-9-6-10(14-8-13-9)12-5-3-4-11(15)16/h6,8H,2-5,7H2,1H3,(H,15,16)(H,12,13,14). The van der Waals surface area contributed by atoms with Crippen molar-refractivity contribution in [2.24, 2.45) is 0 Å². The van der Waals surface area contributed by atoms with E-state index in [1.807, 2.05) is 6.92 Å². The van der Waals surface area contributed by atoms with Crippen LogP contribution in [0.4, 0.5) is 5.82 Å². The molecule has 94 valence electrons. The Labute approximate surface area is 100 Å². The van der Waals surface area contributed by atoms with Crippen LogP contribution >= 0.6 is 0 Å². The molecule has 0 saturated carbocycles. The maximum Gasteiger partial charge on any atom is 0.303 e. The van der Waals surface area contributed by atoms with Crippen molar-refractivity contribution in [3.63, 3.8) is 0 Å². The van der Waals surface area contributed by atoms with Crippen molar-refractivity contribution in [1.82, 2.24) is 9.97 Å². The van der Waals surface area contributed by atoms with E-state index < -0.39 is 5.97 Å². The van der Waals surface area contributed by atoms with E-state index in [-0.39, 0.29) is 6.42 Å². The summed E-state index contributed by atoms with van der Waals surface area (Å²) in [6.45, 7) is 3.61. The molecule has 0 atom stereocenters. The lowest BCUT2D eigenvalue weighted by atomic mass is 10.3. The number of carboxylic acid groups (broad SMARTS) is 1. The number of aromatic nitrogens is 2. The highest BCUT2D eigenvalue weighted by atomic mass is 16.5. The molecule has 0 aliphatic carbocycles. The third kappa shape index (κ3) is 5.82. The fourth-order valence-electron chi connectivity index (χ4n) is 1.24. The van der Waals surface area contributed by atoms with E-state index in [2.05, 4.69) is 15.3 Å². The lowest BCUT2D eigenvalue weighted by Crippen LogP contribution is -2.07. The normalized spacial score (nSPS) is 10.2. The zero-order valence-electron chi connectivity index (χ0n) is 9.85. The van der Waals surface area contributed by atoms with Gasteiger partial charge in [-0.3, -0.25) is 4.79 Å². The first-order chi connectivity index (χ1) is 8.22. The number of anilines is 1. The van der Waals surface area contributed by atoms with Gasteiger partial charge < -0.3 is 15.2 Å². The van der Waals surface area contributed by atoms with Gasteiger partial charge in [-0.05, 0) is 13.3 Å². The van der Waals surface area contributed by atoms with Gasteiger partial charge >= 0.3 is 5.97 Å². The molecule has 0 aromatic carbocycles. The molecule has 6 nitrogen and oxygen atoms in total. The van der Waals surface area contributed by atoms with Gasteiger partial charge in [-0.2, -0.15) is 0 Å². The van der Waals surface area contributed by atoms with Crippen molar-refractivity contribution in [3.05, 3.63) is 18.1 Å². The lowest BCUT2D eigenvalue weighted by Gasteiger charge is -2.06. The number of hydrogen-bond donors (Lipinski definition) is 2. The fourth-order valence-corrected chi connectivity index (χ4v) is 1.24. The average molecular weight is 239 g/mol. The third-order valence-electron chi connectivity index (χ3n) is 2.05. The quantitative estimate of drug-likeness (QED) is 0.665. The SMILES string of the molecule is CCOCc1cc(NCCCC(=O)O)ncn1. The molecule has 1 aromatic heterocycles. The molecule has 1 heterocycles. The molecule has 1 aromatic rings. The second-order valence-electron chi connectivity index (χ2n) is 3.46. The zero-order chi connectivity index (χ0) is 12.5. The minimum absolute atomic E-state index is 0.157. The number of aliphatic carboxylic acids is 1. The van der Waals surface area contributed by atoms with Crippen LogP contribution in [0.3, 0.4) is 0 Å². The van der Waals surface area contributed by atoms with Crippen LogP contribution in [-0.2, 0) is 16.1 Å². The van der Waals surface area contributed by atoms with Crippen LogP contribution < -0.4 is 5.32 Å². The summed E-state index contributed by atoms with van der Waals surface area (Å²) in [5.41, 5.74) is 0.808. The van der Waals surface area contributed by atoms with E-state index in [0.717, 1.165) is 5.69 Å². The van der Waals surface area contributed by atoms with Crippen molar-refractivity contribution < 1.29 is 14.6 Å². The summed E-state index contributed by atoms with van der Waals surface area (Å²) >= 11 is 0. The van der Waals surface area contributed by atoms with Gasteiger partial charge in [-0.15, -0.1) is 0 Å². The summed E-state index contributed by atoms with van der Waals surface area (Å²) in [7, 11) is 0. The molecule has 0 spiro atoms. The first-order valence-electron chi connectivity index (χ1n) is 5.56. The maximum absolute atomic E-state index is 10.3.